The van der Waals surface area contributed by atoms with E-state index in [4.69, 9.17) is 16.6 Å². The Hall–Kier alpha value is -0.940. The molecule has 2 aromatic heterocycles. The van der Waals surface area contributed by atoms with Crippen molar-refractivity contribution in [2.45, 2.75) is 38.5 Å². The van der Waals surface area contributed by atoms with Crippen molar-refractivity contribution in [3.05, 3.63) is 27.2 Å². The molecule has 0 aliphatic heterocycles. The van der Waals surface area contributed by atoms with Crippen LogP contribution in [0.1, 0.15) is 43.0 Å². The minimum atomic E-state index is 0.486. The molecule has 2 heterocycles. The van der Waals surface area contributed by atoms with Crippen LogP contribution in [0.15, 0.2) is 10.7 Å². The molecule has 0 radical (unpaired) electrons. The van der Waals surface area contributed by atoms with Crippen molar-refractivity contribution in [2.24, 2.45) is 7.05 Å². The minimum absolute atomic E-state index is 0.486. The summed E-state index contributed by atoms with van der Waals surface area (Å²) < 4.78 is 2.62. The van der Waals surface area contributed by atoms with Gasteiger partial charge in [0.15, 0.2) is 5.82 Å². The van der Waals surface area contributed by atoms with E-state index < -0.39 is 0 Å². The standard InChI is InChI=1S/C14H16BrClN4/c1-8-10(7-20(2)19-8)14-17-12(9-5-3-4-6-9)11(15)13(16)18-14/h7,9H,3-6H2,1-2H3. The predicted octanol–water partition coefficient (Wildman–Crippen LogP) is 4.26. The number of nitrogens with zero attached hydrogens (tertiary/aromatic N) is 4. The van der Waals surface area contributed by atoms with Crippen LogP contribution < -0.4 is 0 Å². The maximum absolute atomic E-state index is 6.28. The van der Waals surface area contributed by atoms with Crippen molar-refractivity contribution >= 4 is 27.5 Å². The molecule has 106 valence electrons. The summed E-state index contributed by atoms with van der Waals surface area (Å²) in [6.45, 7) is 1.96. The normalized spacial score (nSPS) is 16.0. The Morgan fingerprint density at radius 1 is 1.30 bits per heavy atom. The van der Waals surface area contributed by atoms with Gasteiger partial charge in [0.1, 0.15) is 5.15 Å². The van der Waals surface area contributed by atoms with Crippen LogP contribution in [0.25, 0.3) is 11.4 Å². The molecule has 2 aromatic rings. The number of rotatable bonds is 2. The largest absolute Gasteiger partial charge is 0.275 e. The van der Waals surface area contributed by atoms with Gasteiger partial charge in [-0.3, -0.25) is 4.68 Å². The summed E-state index contributed by atoms with van der Waals surface area (Å²) in [5, 5.41) is 4.83. The Morgan fingerprint density at radius 3 is 2.60 bits per heavy atom. The summed E-state index contributed by atoms with van der Waals surface area (Å²) in [4.78, 5) is 9.17. The van der Waals surface area contributed by atoms with Crippen LogP contribution in [0.5, 0.6) is 0 Å². The summed E-state index contributed by atoms with van der Waals surface area (Å²) in [5.74, 6) is 1.16. The van der Waals surface area contributed by atoms with E-state index in [0.29, 0.717) is 16.9 Å². The first-order valence-corrected chi connectivity index (χ1v) is 7.97. The SMILES string of the molecule is Cc1nn(C)cc1-c1nc(Cl)c(Br)c(C2CCCC2)n1. The summed E-state index contributed by atoms with van der Waals surface area (Å²) in [5.41, 5.74) is 2.91. The lowest BCUT2D eigenvalue weighted by Crippen LogP contribution is -2.03. The zero-order valence-electron chi connectivity index (χ0n) is 11.5. The molecular formula is C14H16BrClN4. The van der Waals surface area contributed by atoms with Crippen LogP contribution in [0.2, 0.25) is 5.15 Å². The van der Waals surface area contributed by atoms with E-state index in [1.165, 1.54) is 25.7 Å². The molecule has 0 atom stereocenters. The van der Waals surface area contributed by atoms with Gasteiger partial charge in [0.05, 0.1) is 21.4 Å². The average Bonchev–Trinajstić information content (AvgIpc) is 3.02. The molecule has 20 heavy (non-hydrogen) atoms. The summed E-state index contributed by atoms with van der Waals surface area (Å²) >= 11 is 9.82. The van der Waals surface area contributed by atoms with E-state index >= 15 is 0 Å². The number of aromatic nitrogens is 4. The Kier molecular flexibility index (Phi) is 3.82. The first-order valence-electron chi connectivity index (χ1n) is 6.80. The van der Waals surface area contributed by atoms with Crippen molar-refractivity contribution in [2.75, 3.05) is 0 Å². The van der Waals surface area contributed by atoms with Crippen LogP contribution in [0, 0.1) is 6.92 Å². The molecule has 1 saturated carbocycles. The zero-order valence-corrected chi connectivity index (χ0v) is 13.9. The van der Waals surface area contributed by atoms with Gasteiger partial charge in [-0.2, -0.15) is 5.10 Å². The molecule has 1 fully saturated rings. The minimum Gasteiger partial charge on any atom is -0.275 e. The molecule has 0 unspecified atom stereocenters. The lowest BCUT2D eigenvalue weighted by Gasteiger charge is -2.13. The van der Waals surface area contributed by atoms with Crippen LogP contribution in [0.4, 0.5) is 0 Å². The molecule has 0 bridgehead atoms. The molecule has 0 saturated heterocycles. The Balaban J connectivity index is 2.10. The summed E-state index contributed by atoms with van der Waals surface area (Å²) in [7, 11) is 1.90. The van der Waals surface area contributed by atoms with Gasteiger partial charge in [-0.1, -0.05) is 24.4 Å². The number of hydrogen-bond donors (Lipinski definition) is 0. The molecule has 1 aliphatic carbocycles. The van der Waals surface area contributed by atoms with Gasteiger partial charge in [0.2, 0.25) is 0 Å². The second-order valence-electron chi connectivity index (χ2n) is 5.32. The monoisotopic (exact) mass is 354 g/mol. The summed E-state index contributed by atoms with van der Waals surface area (Å²) in [6.07, 6.45) is 6.82. The molecule has 0 amide bonds. The summed E-state index contributed by atoms with van der Waals surface area (Å²) in [6, 6.07) is 0. The maximum Gasteiger partial charge on any atom is 0.164 e. The Bertz CT molecular complexity index is 647. The smallest absolute Gasteiger partial charge is 0.164 e. The third-order valence-corrected chi connectivity index (χ3v) is 5.12. The highest BCUT2D eigenvalue weighted by Gasteiger charge is 2.24. The molecule has 3 rings (SSSR count). The van der Waals surface area contributed by atoms with Gasteiger partial charge in [-0.25, -0.2) is 9.97 Å². The first-order chi connectivity index (χ1) is 9.56. The third kappa shape index (κ3) is 2.49. The quantitative estimate of drug-likeness (QED) is 0.756. The van der Waals surface area contributed by atoms with Crippen LogP contribution in [0.3, 0.4) is 0 Å². The molecule has 6 heteroatoms. The fourth-order valence-electron chi connectivity index (χ4n) is 2.85. The molecule has 0 aromatic carbocycles. The van der Waals surface area contributed by atoms with Crippen LogP contribution in [-0.4, -0.2) is 19.7 Å². The van der Waals surface area contributed by atoms with E-state index in [-0.39, 0.29) is 0 Å². The van der Waals surface area contributed by atoms with E-state index in [1.807, 2.05) is 20.2 Å². The molecule has 1 aliphatic rings. The Morgan fingerprint density at radius 2 is 2.00 bits per heavy atom. The number of aryl methyl sites for hydroxylation is 2. The van der Waals surface area contributed by atoms with Gasteiger partial charge in [0.25, 0.3) is 0 Å². The average molecular weight is 356 g/mol. The van der Waals surface area contributed by atoms with Crippen molar-refractivity contribution in [1.29, 1.82) is 0 Å². The highest BCUT2D eigenvalue weighted by Crippen LogP contribution is 2.39. The van der Waals surface area contributed by atoms with Crippen molar-refractivity contribution in [3.8, 4) is 11.4 Å². The molecule has 4 nitrogen and oxygen atoms in total. The number of halogens is 2. The van der Waals surface area contributed by atoms with Gasteiger partial charge >= 0.3 is 0 Å². The van der Waals surface area contributed by atoms with E-state index in [9.17, 15) is 0 Å². The van der Waals surface area contributed by atoms with E-state index in [2.05, 4.69) is 26.0 Å². The van der Waals surface area contributed by atoms with Gasteiger partial charge in [0, 0.05) is 19.2 Å². The van der Waals surface area contributed by atoms with Gasteiger partial charge < -0.3 is 0 Å². The highest BCUT2D eigenvalue weighted by molar-refractivity contribution is 9.10. The van der Waals surface area contributed by atoms with Crippen LogP contribution >= 0.6 is 27.5 Å². The fourth-order valence-corrected chi connectivity index (χ4v) is 3.52. The van der Waals surface area contributed by atoms with Crippen molar-refractivity contribution in [3.63, 3.8) is 0 Å². The van der Waals surface area contributed by atoms with Crippen molar-refractivity contribution in [1.82, 2.24) is 19.7 Å². The van der Waals surface area contributed by atoms with Gasteiger partial charge in [-0.05, 0) is 35.7 Å². The first kappa shape index (κ1) is 14.0. The fraction of sp³-hybridized carbons (Fsp3) is 0.500. The predicted molar refractivity (Wildman–Crippen MR) is 82.9 cm³/mol. The van der Waals surface area contributed by atoms with Crippen molar-refractivity contribution < 1.29 is 0 Å². The second kappa shape index (κ2) is 5.45. The lowest BCUT2D eigenvalue weighted by atomic mass is 10.0. The van der Waals surface area contributed by atoms with E-state index in [1.54, 1.807) is 4.68 Å². The van der Waals surface area contributed by atoms with Gasteiger partial charge in [-0.15, -0.1) is 0 Å². The topological polar surface area (TPSA) is 43.6 Å². The Labute approximate surface area is 131 Å². The third-order valence-electron chi connectivity index (χ3n) is 3.83. The molecular weight excluding hydrogens is 340 g/mol. The highest BCUT2D eigenvalue weighted by atomic mass is 79.9. The number of hydrogen-bond acceptors (Lipinski definition) is 3. The lowest BCUT2D eigenvalue weighted by molar-refractivity contribution is 0.690. The second-order valence-corrected chi connectivity index (χ2v) is 6.47. The maximum atomic E-state index is 6.28. The molecule has 0 N–H and O–H groups in total. The zero-order chi connectivity index (χ0) is 14.3. The molecule has 0 spiro atoms. The van der Waals surface area contributed by atoms with Crippen LogP contribution in [-0.2, 0) is 7.05 Å². The van der Waals surface area contributed by atoms with E-state index in [0.717, 1.165) is 21.4 Å².